The zero-order valence-corrected chi connectivity index (χ0v) is 15.7. The number of hydrogen-bond donors (Lipinski definition) is 0. The average molecular weight is 445 g/mol. The summed E-state index contributed by atoms with van der Waals surface area (Å²) in [5.74, 6) is 3.49. The van der Waals surface area contributed by atoms with Gasteiger partial charge in [0.25, 0.3) is 5.91 Å². The van der Waals surface area contributed by atoms with Crippen LogP contribution in [0.5, 0.6) is 11.5 Å². The fourth-order valence-corrected chi connectivity index (χ4v) is 3.73. The van der Waals surface area contributed by atoms with E-state index in [4.69, 9.17) is 28.1 Å². The van der Waals surface area contributed by atoms with Gasteiger partial charge in [0.05, 0.1) is 15.6 Å². The molecule has 0 aromatic heterocycles. The highest BCUT2D eigenvalue weighted by Gasteiger charge is 2.28. The molecule has 0 spiro atoms. The molecule has 1 amide bonds. The molecule has 0 unspecified atom stereocenters. The normalized spacial score (nSPS) is 16.1. The predicted octanol–water partition coefficient (Wildman–Crippen LogP) is 3.14. The molecule has 1 aliphatic rings. The van der Waals surface area contributed by atoms with Gasteiger partial charge in [-0.3, -0.25) is 9.69 Å². The Labute approximate surface area is 152 Å². The third-order valence-corrected chi connectivity index (χ3v) is 5.12. The number of carbonyl (C=O) groups is 1. The van der Waals surface area contributed by atoms with Gasteiger partial charge in [-0.1, -0.05) is 29.9 Å². The van der Waals surface area contributed by atoms with E-state index in [1.807, 2.05) is 6.07 Å². The summed E-state index contributed by atoms with van der Waals surface area (Å²) >= 11 is 8.54. The molecule has 0 radical (unpaired) electrons. The highest BCUT2D eigenvalue weighted by atomic mass is 127. The second-order valence-corrected chi connectivity index (χ2v) is 7.11. The van der Waals surface area contributed by atoms with Crippen LogP contribution in [0, 0.1) is 15.9 Å². The third-order valence-electron chi connectivity index (χ3n) is 2.84. The van der Waals surface area contributed by atoms with Gasteiger partial charge in [0, 0.05) is 7.05 Å². The number of benzene rings is 1. The van der Waals surface area contributed by atoms with E-state index in [1.165, 1.54) is 16.7 Å². The van der Waals surface area contributed by atoms with Crippen LogP contribution in [0.2, 0.25) is 0 Å². The third kappa shape index (κ3) is 3.56. The fraction of sp³-hybridized carbons (Fsp3) is 0.200. The van der Waals surface area contributed by atoms with Gasteiger partial charge in [-0.15, -0.1) is 6.42 Å². The summed E-state index contributed by atoms with van der Waals surface area (Å²) in [4.78, 5) is 14.1. The molecule has 7 heteroatoms. The molecule has 2 rings (SSSR count). The minimum Gasteiger partial charge on any atom is -0.493 e. The Balaban J connectivity index is 2.38. The molecular weight excluding hydrogens is 433 g/mol. The first-order valence-electron chi connectivity index (χ1n) is 6.13. The van der Waals surface area contributed by atoms with E-state index in [1.54, 1.807) is 26.3 Å². The Bertz CT molecular complexity index is 709. The molecule has 1 heterocycles. The van der Waals surface area contributed by atoms with E-state index in [-0.39, 0.29) is 12.5 Å². The zero-order valence-electron chi connectivity index (χ0n) is 11.9. The van der Waals surface area contributed by atoms with Crippen molar-refractivity contribution in [3.8, 4) is 23.8 Å². The molecule has 0 atom stereocenters. The number of nitrogens with zero attached hydrogens (tertiary/aromatic N) is 1. The largest absolute Gasteiger partial charge is 0.493 e. The van der Waals surface area contributed by atoms with Crippen LogP contribution >= 0.6 is 46.6 Å². The predicted molar refractivity (Wildman–Crippen MR) is 101 cm³/mol. The van der Waals surface area contributed by atoms with Crippen LogP contribution in [-0.2, 0) is 4.79 Å². The second kappa shape index (κ2) is 7.35. The summed E-state index contributed by atoms with van der Waals surface area (Å²) < 4.78 is 12.2. The smallest absolute Gasteiger partial charge is 0.265 e. The number of thiocarbonyl (C=S) groups is 1. The van der Waals surface area contributed by atoms with E-state index in [9.17, 15) is 4.79 Å². The van der Waals surface area contributed by atoms with Crippen LogP contribution in [0.4, 0.5) is 0 Å². The monoisotopic (exact) mass is 445 g/mol. The molecule has 22 heavy (non-hydrogen) atoms. The fourth-order valence-electron chi connectivity index (χ4n) is 1.77. The van der Waals surface area contributed by atoms with E-state index in [2.05, 4.69) is 28.5 Å². The number of methoxy groups -OCH3 is 1. The highest BCUT2D eigenvalue weighted by Crippen LogP contribution is 2.36. The van der Waals surface area contributed by atoms with Crippen molar-refractivity contribution in [2.24, 2.45) is 0 Å². The van der Waals surface area contributed by atoms with Crippen molar-refractivity contribution in [2.45, 2.75) is 0 Å². The number of ether oxygens (including phenoxy) is 2. The van der Waals surface area contributed by atoms with Crippen LogP contribution < -0.4 is 9.47 Å². The minimum atomic E-state index is -0.100. The molecule has 1 fully saturated rings. The lowest BCUT2D eigenvalue weighted by atomic mass is 10.2. The molecule has 0 bridgehead atoms. The number of amides is 1. The van der Waals surface area contributed by atoms with E-state index in [0.29, 0.717) is 20.7 Å². The Morgan fingerprint density at radius 2 is 2.27 bits per heavy atom. The quantitative estimate of drug-likeness (QED) is 0.308. The summed E-state index contributed by atoms with van der Waals surface area (Å²) in [6.45, 7) is 0.167. The summed E-state index contributed by atoms with van der Waals surface area (Å²) in [5.41, 5.74) is 0.836. The van der Waals surface area contributed by atoms with Crippen molar-refractivity contribution in [3.05, 3.63) is 26.2 Å². The summed E-state index contributed by atoms with van der Waals surface area (Å²) in [6.07, 6.45) is 7.00. The minimum absolute atomic E-state index is 0.100. The first-order valence-corrected chi connectivity index (χ1v) is 8.43. The second-order valence-electron chi connectivity index (χ2n) is 4.27. The molecule has 1 saturated heterocycles. The molecular formula is C15H12INO3S2. The van der Waals surface area contributed by atoms with Crippen molar-refractivity contribution < 1.29 is 14.3 Å². The van der Waals surface area contributed by atoms with Crippen molar-refractivity contribution in [1.82, 2.24) is 4.90 Å². The van der Waals surface area contributed by atoms with Crippen LogP contribution in [0.1, 0.15) is 5.56 Å². The average Bonchev–Trinajstić information content (AvgIpc) is 2.73. The van der Waals surface area contributed by atoms with E-state index < -0.39 is 0 Å². The van der Waals surface area contributed by atoms with Crippen molar-refractivity contribution >= 4 is 62.9 Å². The van der Waals surface area contributed by atoms with Gasteiger partial charge in [0.2, 0.25) is 0 Å². The van der Waals surface area contributed by atoms with Gasteiger partial charge in [-0.25, -0.2) is 0 Å². The molecule has 1 aromatic rings. The van der Waals surface area contributed by atoms with Gasteiger partial charge in [-0.05, 0) is 46.4 Å². The topological polar surface area (TPSA) is 38.8 Å². The first-order chi connectivity index (χ1) is 10.5. The molecule has 0 saturated carbocycles. The number of rotatable bonds is 4. The Kier molecular flexibility index (Phi) is 5.72. The molecule has 4 nitrogen and oxygen atoms in total. The molecule has 114 valence electrons. The SMILES string of the molecule is C#CCOc1c(I)cc(/C=C2\SC(=S)N(C)C2=O)cc1OC. The number of hydrogen-bond acceptors (Lipinski definition) is 5. The Hall–Kier alpha value is -1.24. The maximum Gasteiger partial charge on any atom is 0.265 e. The maximum atomic E-state index is 12.0. The Morgan fingerprint density at radius 3 is 2.82 bits per heavy atom. The summed E-state index contributed by atoms with van der Waals surface area (Å²) in [7, 11) is 3.23. The lowest BCUT2D eigenvalue weighted by Crippen LogP contribution is -2.22. The molecule has 0 N–H and O–H groups in total. The first kappa shape index (κ1) is 17.1. The van der Waals surface area contributed by atoms with Gasteiger partial charge in [0.1, 0.15) is 10.9 Å². The van der Waals surface area contributed by atoms with Gasteiger partial charge in [0.15, 0.2) is 11.5 Å². The molecule has 0 aliphatic carbocycles. The van der Waals surface area contributed by atoms with Crippen molar-refractivity contribution in [2.75, 3.05) is 20.8 Å². The lowest BCUT2D eigenvalue weighted by Gasteiger charge is -2.12. The molecule has 1 aromatic carbocycles. The summed E-state index contributed by atoms with van der Waals surface area (Å²) in [6, 6.07) is 3.70. The lowest BCUT2D eigenvalue weighted by molar-refractivity contribution is -0.121. The summed E-state index contributed by atoms with van der Waals surface area (Å²) in [5, 5.41) is 0. The van der Waals surface area contributed by atoms with Gasteiger partial charge in [-0.2, -0.15) is 0 Å². The highest BCUT2D eigenvalue weighted by molar-refractivity contribution is 14.1. The van der Waals surface area contributed by atoms with E-state index in [0.717, 1.165) is 9.13 Å². The number of terminal acetylenes is 1. The van der Waals surface area contributed by atoms with E-state index >= 15 is 0 Å². The zero-order chi connectivity index (χ0) is 16.3. The maximum absolute atomic E-state index is 12.0. The van der Waals surface area contributed by atoms with Crippen molar-refractivity contribution in [1.29, 1.82) is 0 Å². The number of likely N-dealkylation sites (N-methyl/N-ethyl adjacent to an activating group) is 1. The van der Waals surface area contributed by atoms with Crippen LogP contribution in [0.3, 0.4) is 0 Å². The van der Waals surface area contributed by atoms with Gasteiger partial charge >= 0.3 is 0 Å². The molecule has 1 aliphatic heterocycles. The standard InChI is InChI=1S/C15H12INO3S2/c1-4-5-20-13-10(16)6-9(7-11(13)19-3)8-12-14(18)17(2)15(21)22-12/h1,6-8H,5H2,2-3H3/b12-8-. The van der Waals surface area contributed by atoms with Crippen molar-refractivity contribution in [3.63, 3.8) is 0 Å². The van der Waals surface area contributed by atoms with Crippen LogP contribution in [-0.4, -0.2) is 35.9 Å². The number of carbonyl (C=O) groups excluding carboxylic acids is 1. The van der Waals surface area contributed by atoms with Crippen LogP contribution in [0.25, 0.3) is 6.08 Å². The number of halogens is 1. The van der Waals surface area contributed by atoms with Gasteiger partial charge < -0.3 is 9.47 Å². The van der Waals surface area contributed by atoms with Crippen LogP contribution in [0.15, 0.2) is 17.0 Å². The Morgan fingerprint density at radius 1 is 1.55 bits per heavy atom. The number of thioether (sulfide) groups is 1.